The number of amides is 1. The molecule has 0 spiro atoms. The fraction of sp³-hybridized carbons (Fsp3) is 0.417. The molecule has 1 saturated heterocycles. The van der Waals surface area contributed by atoms with Gasteiger partial charge in [-0.15, -0.1) is 0 Å². The highest BCUT2D eigenvalue weighted by Crippen LogP contribution is 2.21. The number of halogens is 1. The first-order chi connectivity index (χ1) is 9.46. The summed E-state index contributed by atoms with van der Waals surface area (Å²) in [6.07, 6.45) is 0. The zero-order valence-corrected chi connectivity index (χ0v) is 12.5. The number of likely N-dealkylation sites (N-methyl/N-ethyl adjacent to an activating group) is 1. The second-order valence-corrected chi connectivity index (χ2v) is 6.73. The van der Waals surface area contributed by atoms with Gasteiger partial charge in [-0.05, 0) is 24.3 Å². The number of nitrogens with zero attached hydrogens (tertiary/aromatic N) is 1. The lowest BCUT2D eigenvalue weighted by molar-refractivity contribution is -0.124. The van der Waals surface area contributed by atoms with Crippen LogP contribution in [0.25, 0.3) is 0 Å². The Morgan fingerprint density at radius 3 is 2.65 bits per heavy atom. The molecule has 6 nitrogen and oxygen atoms in total. The van der Waals surface area contributed by atoms with E-state index in [1.165, 1.54) is 35.6 Å². The zero-order valence-electron chi connectivity index (χ0n) is 11.0. The molecule has 1 unspecified atom stereocenters. The summed E-state index contributed by atoms with van der Waals surface area (Å²) < 4.78 is 26.4. The molecule has 1 fully saturated rings. The van der Waals surface area contributed by atoms with Crippen LogP contribution >= 0.6 is 11.6 Å². The quantitative estimate of drug-likeness (QED) is 0.825. The van der Waals surface area contributed by atoms with Crippen LogP contribution < -0.4 is 10.6 Å². The van der Waals surface area contributed by atoms with E-state index in [1.54, 1.807) is 0 Å². The Kier molecular flexibility index (Phi) is 4.64. The van der Waals surface area contributed by atoms with Crippen LogP contribution in [-0.2, 0) is 14.8 Å². The highest BCUT2D eigenvalue weighted by molar-refractivity contribution is 7.89. The van der Waals surface area contributed by atoms with Crippen molar-refractivity contribution in [2.24, 2.45) is 0 Å². The Bertz CT molecular complexity index is 588. The second kappa shape index (κ2) is 6.09. The van der Waals surface area contributed by atoms with E-state index in [1.807, 2.05) is 0 Å². The first kappa shape index (κ1) is 15.2. The lowest BCUT2D eigenvalue weighted by Crippen LogP contribution is -2.59. The van der Waals surface area contributed by atoms with Gasteiger partial charge >= 0.3 is 0 Å². The third-order valence-corrected chi connectivity index (χ3v) is 5.34. The van der Waals surface area contributed by atoms with Gasteiger partial charge in [0, 0.05) is 31.7 Å². The van der Waals surface area contributed by atoms with Crippen LogP contribution in [0.2, 0.25) is 5.02 Å². The predicted molar refractivity (Wildman–Crippen MR) is 76.1 cm³/mol. The Balaban J connectivity index is 2.35. The van der Waals surface area contributed by atoms with Crippen molar-refractivity contribution in [3.05, 3.63) is 29.3 Å². The SMILES string of the molecule is CNC(=O)C1CNCCN1S(=O)(=O)c1ccc(Cl)cc1. The summed E-state index contributed by atoms with van der Waals surface area (Å²) in [4.78, 5) is 12.0. The number of nitrogens with one attached hydrogen (secondary N) is 2. The molecule has 0 aliphatic carbocycles. The maximum Gasteiger partial charge on any atom is 0.243 e. The van der Waals surface area contributed by atoms with E-state index >= 15 is 0 Å². The van der Waals surface area contributed by atoms with Crippen LogP contribution in [0.15, 0.2) is 29.2 Å². The normalized spacial score (nSPS) is 20.6. The molecular formula is C12H16ClN3O3S. The molecule has 20 heavy (non-hydrogen) atoms. The van der Waals surface area contributed by atoms with Crippen molar-refractivity contribution < 1.29 is 13.2 Å². The van der Waals surface area contributed by atoms with Gasteiger partial charge in [-0.2, -0.15) is 4.31 Å². The van der Waals surface area contributed by atoms with Crippen LogP contribution in [0.1, 0.15) is 0 Å². The summed E-state index contributed by atoms with van der Waals surface area (Å²) in [7, 11) is -2.22. The lowest BCUT2D eigenvalue weighted by atomic mass is 10.2. The van der Waals surface area contributed by atoms with Crippen molar-refractivity contribution in [2.45, 2.75) is 10.9 Å². The van der Waals surface area contributed by atoms with Crippen molar-refractivity contribution in [3.63, 3.8) is 0 Å². The predicted octanol–water partition coefficient (Wildman–Crippen LogP) is 0.0485. The smallest absolute Gasteiger partial charge is 0.243 e. The highest BCUT2D eigenvalue weighted by atomic mass is 35.5. The first-order valence-electron chi connectivity index (χ1n) is 6.16. The molecule has 0 aromatic heterocycles. The standard InChI is InChI=1S/C12H16ClN3O3S/c1-14-12(17)11-8-15-6-7-16(11)20(18,19)10-4-2-9(13)3-5-10/h2-5,11,15H,6-8H2,1H3,(H,14,17). The summed E-state index contributed by atoms with van der Waals surface area (Å²) in [5, 5.41) is 5.98. The van der Waals surface area contributed by atoms with Crippen molar-refractivity contribution in [1.82, 2.24) is 14.9 Å². The summed E-state index contributed by atoms with van der Waals surface area (Å²) in [6, 6.07) is 5.19. The molecule has 0 saturated carbocycles. The van der Waals surface area contributed by atoms with Crippen molar-refractivity contribution >= 4 is 27.5 Å². The fourth-order valence-corrected chi connectivity index (χ4v) is 3.82. The number of hydrogen-bond donors (Lipinski definition) is 2. The van der Waals surface area contributed by atoms with Crippen LogP contribution in [0.5, 0.6) is 0 Å². The molecule has 1 aliphatic rings. The molecule has 0 radical (unpaired) electrons. The molecular weight excluding hydrogens is 302 g/mol. The number of sulfonamides is 1. The fourth-order valence-electron chi connectivity index (χ4n) is 2.11. The number of hydrogen-bond acceptors (Lipinski definition) is 4. The Morgan fingerprint density at radius 1 is 1.40 bits per heavy atom. The number of carbonyl (C=O) groups excluding carboxylic acids is 1. The van der Waals surface area contributed by atoms with Crippen LogP contribution in [0.3, 0.4) is 0 Å². The maximum atomic E-state index is 12.6. The van der Waals surface area contributed by atoms with E-state index in [4.69, 9.17) is 11.6 Å². The summed E-state index contributed by atoms with van der Waals surface area (Å²) in [6.45, 7) is 1.07. The molecule has 2 rings (SSSR count). The summed E-state index contributed by atoms with van der Waals surface area (Å²) in [5.74, 6) is -0.324. The minimum Gasteiger partial charge on any atom is -0.358 e. The van der Waals surface area contributed by atoms with Crippen molar-refractivity contribution in [3.8, 4) is 0 Å². The molecule has 1 heterocycles. The second-order valence-electron chi connectivity index (χ2n) is 4.40. The van der Waals surface area contributed by atoms with Crippen molar-refractivity contribution in [1.29, 1.82) is 0 Å². The number of benzene rings is 1. The average molecular weight is 318 g/mol. The van der Waals surface area contributed by atoms with Gasteiger partial charge in [0.25, 0.3) is 0 Å². The summed E-state index contributed by atoms with van der Waals surface area (Å²) >= 11 is 5.77. The van der Waals surface area contributed by atoms with Gasteiger partial charge in [0.15, 0.2) is 0 Å². The van der Waals surface area contributed by atoms with Gasteiger partial charge in [0.1, 0.15) is 6.04 Å². The minimum absolute atomic E-state index is 0.137. The highest BCUT2D eigenvalue weighted by Gasteiger charge is 2.37. The lowest BCUT2D eigenvalue weighted by Gasteiger charge is -2.33. The largest absolute Gasteiger partial charge is 0.358 e. The molecule has 110 valence electrons. The molecule has 1 aromatic carbocycles. The molecule has 8 heteroatoms. The maximum absolute atomic E-state index is 12.6. The topological polar surface area (TPSA) is 78.5 Å². The zero-order chi connectivity index (χ0) is 14.8. The third-order valence-electron chi connectivity index (χ3n) is 3.16. The van der Waals surface area contributed by atoms with E-state index < -0.39 is 16.1 Å². The molecule has 1 amide bonds. The first-order valence-corrected chi connectivity index (χ1v) is 7.98. The van der Waals surface area contributed by atoms with Gasteiger partial charge < -0.3 is 10.6 Å². The Hall–Kier alpha value is -1.15. The average Bonchev–Trinajstić information content (AvgIpc) is 2.47. The monoisotopic (exact) mass is 317 g/mol. The molecule has 0 bridgehead atoms. The van der Waals surface area contributed by atoms with Crippen LogP contribution in [0.4, 0.5) is 0 Å². The number of carbonyl (C=O) groups is 1. The van der Waals surface area contributed by atoms with E-state index in [0.29, 0.717) is 18.1 Å². The van der Waals surface area contributed by atoms with Gasteiger partial charge in [-0.25, -0.2) is 8.42 Å². The van der Waals surface area contributed by atoms with Gasteiger partial charge in [-0.3, -0.25) is 4.79 Å². The van der Waals surface area contributed by atoms with Gasteiger partial charge in [0.2, 0.25) is 15.9 Å². The molecule has 2 N–H and O–H groups in total. The third kappa shape index (κ3) is 2.95. The molecule has 1 atom stereocenters. The Labute approximate surface area is 123 Å². The minimum atomic E-state index is -3.71. The van der Waals surface area contributed by atoms with E-state index in [2.05, 4.69) is 10.6 Å². The van der Waals surface area contributed by atoms with Crippen molar-refractivity contribution in [2.75, 3.05) is 26.7 Å². The van der Waals surface area contributed by atoms with E-state index in [-0.39, 0.29) is 17.3 Å². The van der Waals surface area contributed by atoms with Crippen LogP contribution in [-0.4, -0.2) is 51.4 Å². The molecule has 1 aliphatic heterocycles. The summed E-state index contributed by atoms with van der Waals surface area (Å²) in [5.41, 5.74) is 0. The van der Waals surface area contributed by atoms with Crippen LogP contribution in [0, 0.1) is 0 Å². The number of piperazine rings is 1. The van der Waals surface area contributed by atoms with Gasteiger partial charge in [0.05, 0.1) is 4.90 Å². The molecule has 1 aromatic rings. The number of rotatable bonds is 3. The van der Waals surface area contributed by atoms with Gasteiger partial charge in [-0.1, -0.05) is 11.6 Å². The Morgan fingerprint density at radius 2 is 2.05 bits per heavy atom. The van der Waals surface area contributed by atoms with E-state index in [0.717, 1.165) is 0 Å². The van der Waals surface area contributed by atoms with E-state index in [9.17, 15) is 13.2 Å².